The smallest absolute Gasteiger partial charge is 0.283 e. The Morgan fingerprint density at radius 3 is 1.47 bits per heavy atom. The molecule has 10 nitrogen and oxygen atoms in total. The molecule has 2 N–H and O–H groups in total. The van der Waals surface area contributed by atoms with Gasteiger partial charge in [0.1, 0.15) is 0 Å². The first-order valence-corrected chi connectivity index (χ1v) is 11.3. The van der Waals surface area contributed by atoms with Crippen LogP contribution in [0.15, 0.2) is 45.3 Å². The van der Waals surface area contributed by atoms with Gasteiger partial charge in [0.05, 0.1) is 18.8 Å². The maximum absolute atomic E-state index is 12.7. The van der Waals surface area contributed by atoms with E-state index in [1.807, 2.05) is 0 Å². The molecule has 0 aromatic heterocycles. The lowest BCUT2D eigenvalue weighted by Gasteiger charge is -2.33. The standard InChI is InChI=1S/C20H18Br2N4O6/c21-13-9-11(5-7-17(13)25(29)30)19(27)23-15-3-1-2-4-16(15)24-20(28)12-6-8-18(26(31)32)14(22)10-12/h5-10,15-16H,1-4H2,(H,23,27)(H,24,28). The zero-order chi connectivity index (χ0) is 23.4. The van der Waals surface area contributed by atoms with Crippen LogP contribution in [-0.4, -0.2) is 33.7 Å². The highest BCUT2D eigenvalue weighted by molar-refractivity contribution is 9.11. The van der Waals surface area contributed by atoms with Crippen LogP contribution in [0.2, 0.25) is 0 Å². The minimum absolute atomic E-state index is 0.140. The Hall–Kier alpha value is -2.86. The number of carbonyl (C=O) groups excluding carboxylic acids is 2. The first-order chi connectivity index (χ1) is 15.2. The first kappa shape index (κ1) is 23.8. The minimum atomic E-state index is -0.547. The van der Waals surface area contributed by atoms with Crippen LogP contribution < -0.4 is 10.6 Å². The number of rotatable bonds is 6. The molecular formula is C20H18Br2N4O6. The number of benzene rings is 2. The molecule has 2 unspecified atom stereocenters. The third kappa shape index (κ3) is 5.49. The summed E-state index contributed by atoms with van der Waals surface area (Å²) in [6, 6.07) is 7.39. The van der Waals surface area contributed by atoms with Crippen molar-refractivity contribution in [2.24, 2.45) is 0 Å². The summed E-state index contributed by atoms with van der Waals surface area (Å²) < 4.78 is 0.403. The number of nitro benzene ring substituents is 2. The van der Waals surface area contributed by atoms with Gasteiger partial charge in [-0.15, -0.1) is 0 Å². The predicted octanol–water partition coefficient (Wildman–Crippen LogP) is 4.50. The van der Waals surface area contributed by atoms with Crippen molar-refractivity contribution in [3.05, 3.63) is 76.7 Å². The summed E-state index contributed by atoms with van der Waals surface area (Å²) in [7, 11) is 0. The summed E-state index contributed by atoms with van der Waals surface area (Å²) in [6.45, 7) is 0. The molecule has 0 saturated heterocycles. The molecule has 0 aliphatic heterocycles. The van der Waals surface area contributed by atoms with Crippen molar-refractivity contribution in [2.75, 3.05) is 0 Å². The van der Waals surface area contributed by atoms with Gasteiger partial charge in [0.25, 0.3) is 23.2 Å². The Balaban J connectivity index is 1.70. The molecule has 32 heavy (non-hydrogen) atoms. The highest BCUT2D eigenvalue weighted by Crippen LogP contribution is 2.27. The van der Waals surface area contributed by atoms with E-state index in [-0.39, 0.29) is 43.5 Å². The number of nitro groups is 2. The number of hydrogen-bond donors (Lipinski definition) is 2. The van der Waals surface area contributed by atoms with Gasteiger partial charge in [0.2, 0.25) is 0 Å². The molecule has 2 aromatic carbocycles. The highest BCUT2D eigenvalue weighted by atomic mass is 79.9. The van der Waals surface area contributed by atoms with E-state index < -0.39 is 21.7 Å². The van der Waals surface area contributed by atoms with E-state index in [2.05, 4.69) is 42.5 Å². The number of hydrogen-bond acceptors (Lipinski definition) is 6. The van der Waals surface area contributed by atoms with E-state index >= 15 is 0 Å². The van der Waals surface area contributed by atoms with E-state index in [0.29, 0.717) is 12.8 Å². The largest absolute Gasteiger partial charge is 0.347 e. The van der Waals surface area contributed by atoms with Gasteiger partial charge in [-0.2, -0.15) is 0 Å². The fourth-order valence-corrected chi connectivity index (χ4v) is 4.62. The van der Waals surface area contributed by atoms with Crippen LogP contribution in [0.1, 0.15) is 46.4 Å². The van der Waals surface area contributed by atoms with Gasteiger partial charge in [0.15, 0.2) is 0 Å². The van der Waals surface area contributed by atoms with Gasteiger partial charge in [0, 0.05) is 35.3 Å². The maximum Gasteiger partial charge on any atom is 0.283 e. The molecule has 168 valence electrons. The van der Waals surface area contributed by atoms with E-state index in [1.54, 1.807) is 0 Å². The lowest BCUT2D eigenvalue weighted by molar-refractivity contribution is -0.385. The Morgan fingerprint density at radius 1 is 0.781 bits per heavy atom. The van der Waals surface area contributed by atoms with E-state index in [9.17, 15) is 29.8 Å². The third-order valence-electron chi connectivity index (χ3n) is 5.21. The predicted molar refractivity (Wildman–Crippen MR) is 123 cm³/mol. The van der Waals surface area contributed by atoms with Crippen molar-refractivity contribution in [2.45, 2.75) is 37.8 Å². The second-order valence-corrected chi connectivity index (χ2v) is 9.00. The van der Waals surface area contributed by atoms with Crippen molar-refractivity contribution in [3.63, 3.8) is 0 Å². The Morgan fingerprint density at radius 2 is 1.16 bits per heavy atom. The fourth-order valence-electron chi connectivity index (χ4n) is 3.57. The van der Waals surface area contributed by atoms with Crippen LogP contribution >= 0.6 is 31.9 Å². The molecule has 0 bridgehead atoms. The molecule has 3 rings (SSSR count). The summed E-state index contributed by atoms with van der Waals surface area (Å²) in [5, 5.41) is 27.7. The molecule has 1 fully saturated rings. The average Bonchev–Trinajstić information content (AvgIpc) is 2.74. The molecule has 1 aliphatic carbocycles. The molecular weight excluding hydrogens is 552 g/mol. The second-order valence-electron chi connectivity index (χ2n) is 7.29. The second kappa shape index (κ2) is 10.2. The molecule has 1 saturated carbocycles. The number of nitrogens with zero attached hydrogens (tertiary/aromatic N) is 2. The van der Waals surface area contributed by atoms with Gasteiger partial charge >= 0.3 is 0 Å². The van der Waals surface area contributed by atoms with E-state index in [4.69, 9.17) is 0 Å². The molecule has 2 atom stereocenters. The monoisotopic (exact) mass is 568 g/mol. The van der Waals surface area contributed by atoms with E-state index in [0.717, 1.165) is 12.8 Å². The lowest BCUT2D eigenvalue weighted by Crippen LogP contribution is -2.53. The average molecular weight is 570 g/mol. The molecule has 0 radical (unpaired) electrons. The SMILES string of the molecule is O=C(NC1CCCCC1NC(=O)c1ccc([N+](=O)[O-])c(Br)c1)c1ccc([N+](=O)[O-])c(Br)c1. The van der Waals surface area contributed by atoms with Crippen molar-refractivity contribution >= 4 is 55.0 Å². The van der Waals surface area contributed by atoms with Crippen LogP contribution in [0.4, 0.5) is 11.4 Å². The molecule has 2 aromatic rings. The first-order valence-electron chi connectivity index (χ1n) is 9.67. The van der Waals surface area contributed by atoms with Gasteiger partial charge in [-0.3, -0.25) is 29.8 Å². The minimum Gasteiger partial charge on any atom is -0.347 e. The van der Waals surface area contributed by atoms with Crippen LogP contribution in [0.25, 0.3) is 0 Å². The normalized spacial score (nSPS) is 17.9. The maximum atomic E-state index is 12.7. The number of carbonyl (C=O) groups is 2. The molecule has 12 heteroatoms. The van der Waals surface area contributed by atoms with E-state index in [1.165, 1.54) is 36.4 Å². The molecule has 2 amide bonds. The summed E-state index contributed by atoms with van der Waals surface area (Å²) in [4.78, 5) is 46.2. The van der Waals surface area contributed by atoms with Crippen LogP contribution in [-0.2, 0) is 0 Å². The molecule has 0 heterocycles. The topological polar surface area (TPSA) is 144 Å². The highest BCUT2D eigenvalue weighted by Gasteiger charge is 2.29. The summed E-state index contributed by atoms with van der Waals surface area (Å²) in [6.07, 6.45) is 3.08. The Labute approximate surface area is 199 Å². The zero-order valence-electron chi connectivity index (χ0n) is 16.5. The molecule has 1 aliphatic rings. The summed E-state index contributed by atoms with van der Waals surface area (Å²) in [5.74, 6) is -0.797. The molecule has 0 spiro atoms. The zero-order valence-corrected chi connectivity index (χ0v) is 19.7. The van der Waals surface area contributed by atoms with Crippen LogP contribution in [0.3, 0.4) is 0 Å². The Kier molecular flexibility index (Phi) is 7.56. The summed E-state index contributed by atoms with van der Waals surface area (Å²) >= 11 is 6.21. The van der Waals surface area contributed by atoms with Crippen LogP contribution in [0, 0.1) is 20.2 Å². The summed E-state index contributed by atoms with van der Waals surface area (Å²) in [5.41, 5.74) is 0.243. The number of amides is 2. The fraction of sp³-hybridized carbons (Fsp3) is 0.300. The van der Waals surface area contributed by atoms with Crippen molar-refractivity contribution in [1.82, 2.24) is 10.6 Å². The van der Waals surface area contributed by atoms with Gasteiger partial charge in [-0.1, -0.05) is 12.8 Å². The van der Waals surface area contributed by atoms with Gasteiger partial charge in [-0.25, -0.2) is 0 Å². The number of halogens is 2. The number of nitrogens with one attached hydrogen (secondary N) is 2. The Bertz CT molecular complexity index is 1010. The lowest BCUT2D eigenvalue weighted by atomic mass is 9.89. The van der Waals surface area contributed by atoms with Gasteiger partial charge in [-0.05, 0) is 69.0 Å². The van der Waals surface area contributed by atoms with Crippen LogP contribution in [0.5, 0.6) is 0 Å². The van der Waals surface area contributed by atoms with Gasteiger partial charge < -0.3 is 10.6 Å². The quantitative estimate of drug-likeness (QED) is 0.387. The van der Waals surface area contributed by atoms with Crippen molar-refractivity contribution in [1.29, 1.82) is 0 Å². The third-order valence-corrected chi connectivity index (χ3v) is 6.48. The van der Waals surface area contributed by atoms with Crippen molar-refractivity contribution in [3.8, 4) is 0 Å². The van der Waals surface area contributed by atoms with Crippen molar-refractivity contribution < 1.29 is 19.4 Å².